The predicted molar refractivity (Wildman–Crippen MR) is 125 cm³/mol. The number of aryl methyl sites for hydroxylation is 1. The van der Waals surface area contributed by atoms with E-state index < -0.39 is 11.9 Å². The average Bonchev–Trinajstić information content (AvgIpc) is 3.37. The second-order valence-corrected chi connectivity index (χ2v) is 10.2. The van der Waals surface area contributed by atoms with E-state index in [2.05, 4.69) is 15.2 Å². The van der Waals surface area contributed by atoms with Gasteiger partial charge in [0, 0.05) is 37.7 Å². The highest BCUT2D eigenvalue weighted by molar-refractivity contribution is 6.05. The van der Waals surface area contributed by atoms with Gasteiger partial charge in [0.15, 0.2) is 5.89 Å². The highest BCUT2D eigenvalue weighted by Gasteiger charge is 2.42. The average molecular weight is 479 g/mol. The van der Waals surface area contributed by atoms with Crippen molar-refractivity contribution in [2.45, 2.75) is 76.1 Å². The van der Waals surface area contributed by atoms with Crippen molar-refractivity contribution >= 4 is 17.7 Å². The number of fused-ring (bicyclic) bond motifs is 1. The smallest absolute Gasteiger partial charge is 0.255 e. The third-order valence-corrected chi connectivity index (χ3v) is 7.82. The molecular weight excluding hydrogens is 448 g/mol. The van der Waals surface area contributed by atoms with E-state index in [0.717, 1.165) is 55.3 Å². The number of piperidine rings is 1. The van der Waals surface area contributed by atoms with Crippen molar-refractivity contribution in [2.75, 3.05) is 13.1 Å². The van der Waals surface area contributed by atoms with Crippen molar-refractivity contribution in [1.29, 1.82) is 0 Å². The number of oxazole rings is 1. The fraction of sp³-hybridized carbons (Fsp3) is 0.538. The number of carbonyl (C=O) groups is 3. The molecule has 6 rings (SSSR count). The Balaban J connectivity index is 1.12. The number of hydrogen-bond acceptors (Lipinski definition) is 7. The third kappa shape index (κ3) is 4.11. The van der Waals surface area contributed by atoms with Crippen molar-refractivity contribution in [1.82, 2.24) is 20.1 Å². The van der Waals surface area contributed by atoms with Gasteiger partial charge in [0.05, 0.1) is 12.1 Å². The molecule has 2 aromatic rings. The largest absolute Gasteiger partial charge is 0.489 e. The topological polar surface area (TPSA) is 105 Å². The predicted octanol–water partition coefficient (Wildman–Crippen LogP) is 2.53. The Bertz CT molecular complexity index is 1170. The van der Waals surface area contributed by atoms with Crippen LogP contribution in [0.3, 0.4) is 0 Å². The number of ether oxygens (including phenoxy) is 1. The summed E-state index contributed by atoms with van der Waals surface area (Å²) in [5.41, 5.74) is 1.47. The molecule has 35 heavy (non-hydrogen) atoms. The standard InChI is InChI=1S/C26H30N4O5/c1-15-11-27-25(34-15)17-12-29(13-17)20-4-2-3-5-22(20)35-18-6-7-19-16(10-18)14-30(26(19)33)21-8-9-23(31)28-24(21)32/h6-7,10-11,17,20-22H,2-5,8-9,12-14H2,1H3,(H,28,31,32)/t20-,21?,22-/m1/s1. The number of nitrogens with one attached hydrogen (secondary N) is 1. The van der Waals surface area contributed by atoms with Crippen molar-refractivity contribution in [3.05, 3.63) is 47.2 Å². The molecule has 1 N–H and O–H groups in total. The van der Waals surface area contributed by atoms with Crippen molar-refractivity contribution in [3.63, 3.8) is 0 Å². The summed E-state index contributed by atoms with van der Waals surface area (Å²) in [6.07, 6.45) is 6.94. The first kappa shape index (κ1) is 22.3. The monoisotopic (exact) mass is 478 g/mol. The zero-order valence-electron chi connectivity index (χ0n) is 19.9. The summed E-state index contributed by atoms with van der Waals surface area (Å²) >= 11 is 0. The molecule has 3 fully saturated rings. The van der Waals surface area contributed by atoms with Gasteiger partial charge in [-0.05, 0) is 56.4 Å². The number of rotatable bonds is 5. The Morgan fingerprint density at radius 2 is 1.94 bits per heavy atom. The molecule has 184 valence electrons. The Morgan fingerprint density at radius 1 is 1.11 bits per heavy atom. The van der Waals surface area contributed by atoms with Gasteiger partial charge in [-0.15, -0.1) is 0 Å². The summed E-state index contributed by atoms with van der Waals surface area (Å²) in [5, 5.41) is 2.35. The first-order valence-corrected chi connectivity index (χ1v) is 12.6. The molecule has 4 heterocycles. The van der Waals surface area contributed by atoms with E-state index in [4.69, 9.17) is 9.15 Å². The van der Waals surface area contributed by atoms with Gasteiger partial charge < -0.3 is 14.1 Å². The van der Waals surface area contributed by atoms with Crippen LogP contribution in [0.25, 0.3) is 0 Å². The van der Waals surface area contributed by atoms with Crippen LogP contribution < -0.4 is 10.1 Å². The van der Waals surface area contributed by atoms with E-state index in [1.54, 1.807) is 17.2 Å². The van der Waals surface area contributed by atoms with Gasteiger partial charge in [0.25, 0.3) is 5.91 Å². The fourth-order valence-corrected chi connectivity index (χ4v) is 5.93. The molecular formula is C26H30N4O5. The quantitative estimate of drug-likeness (QED) is 0.659. The van der Waals surface area contributed by atoms with Crippen molar-refractivity contribution in [3.8, 4) is 5.75 Å². The summed E-state index contributed by atoms with van der Waals surface area (Å²) in [4.78, 5) is 45.2. The van der Waals surface area contributed by atoms with Crippen LogP contribution in [0.5, 0.6) is 5.75 Å². The molecule has 1 unspecified atom stereocenters. The minimum absolute atomic E-state index is 0.0948. The maximum atomic E-state index is 13.0. The Hall–Kier alpha value is -3.20. The zero-order chi connectivity index (χ0) is 24.1. The van der Waals surface area contributed by atoms with Crippen LogP contribution in [0.2, 0.25) is 0 Å². The van der Waals surface area contributed by atoms with Gasteiger partial charge in [-0.2, -0.15) is 0 Å². The molecule has 3 aliphatic heterocycles. The van der Waals surface area contributed by atoms with E-state index in [9.17, 15) is 14.4 Å². The fourth-order valence-electron chi connectivity index (χ4n) is 5.93. The van der Waals surface area contributed by atoms with Crippen LogP contribution in [-0.4, -0.2) is 63.8 Å². The summed E-state index contributed by atoms with van der Waals surface area (Å²) < 4.78 is 12.2. The summed E-state index contributed by atoms with van der Waals surface area (Å²) in [7, 11) is 0. The van der Waals surface area contributed by atoms with E-state index in [1.165, 1.54) is 6.42 Å². The number of benzene rings is 1. The minimum Gasteiger partial charge on any atom is -0.489 e. The molecule has 2 saturated heterocycles. The molecule has 3 amide bonds. The Kier molecular flexibility index (Phi) is 5.59. The lowest BCUT2D eigenvalue weighted by molar-refractivity contribution is -0.136. The second-order valence-electron chi connectivity index (χ2n) is 10.2. The van der Waals surface area contributed by atoms with Crippen LogP contribution in [-0.2, 0) is 16.1 Å². The van der Waals surface area contributed by atoms with Crippen LogP contribution in [0.4, 0.5) is 0 Å². The lowest BCUT2D eigenvalue weighted by atomic mass is 9.86. The van der Waals surface area contributed by atoms with Crippen LogP contribution >= 0.6 is 0 Å². The molecule has 9 nitrogen and oxygen atoms in total. The first-order chi connectivity index (χ1) is 17.0. The van der Waals surface area contributed by atoms with E-state index in [0.29, 0.717) is 30.5 Å². The molecule has 1 saturated carbocycles. The highest BCUT2D eigenvalue weighted by atomic mass is 16.5. The first-order valence-electron chi connectivity index (χ1n) is 12.6. The molecule has 0 radical (unpaired) electrons. The van der Waals surface area contributed by atoms with E-state index >= 15 is 0 Å². The Labute approximate surface area is 203 Å². The van der Waals surface area contributed by atoms with Gasteiger partial charge in [-0.3, -0.25) is 24.6 Å². The maximum Gasteiger partial charge on any atom is 0.255 e. The number of likely N-dealkylation sites (tertiary alicyclic amines) is 1. The number of aromatic nitrogens is 1. The molecule has 1 aromatic heterocycles. The SMILES string of the molecule is Cc1cnc(C2CN([C@@H]3CCCC[C@H]3Oc3ccc4c(c3)CN(C3CCC(=O)NC3=O)C4=O)C2)o1. The number of carbonyl (C=O) groups excluding carboxylic acids is 3. The molecule has 1 aliphatic carbocycles. The Morgan fingerprint density at radius 3 is 2.71 bits per heavy atom. The molecule has 9 heteroatoms. The highest BCUT2D eigenvalue weighted by Crippen LogP contribution is 2.36. The zero-order valence-corrected chi connectivity index (χ0v) is 19.9. The van der Waals surface area contributed by atoms with Crippen molar-refractivity contribution < 1.29 is 23.5 Å². The normalized spacial score (nSPS) is 27.5. The number of nitrogens with zero attached hydrogens (tertiary/aromatic N) is 3. The van der Waals surface area contributed by atoms with E-state index in [-0.39, 0.29) is 24.3 Å². The molecule has 1 aromatic carbocycles. The van der Waals surface area contributed by atoms with Gasteiger partial charge >= 0.3 is 0 Å². The lowest BCUT2D eigenvalue weighted by Gasteiger charge is -2.47. The minimum atomic E-state index is -0.605. The van der Waals surface area contributed by atoms with Gasteiger partial charge in [0.2, 0.25) is 11.8 Å². The number of hydrogen-bond donors (Lipinski definition) is 1. The van der Waals surface area contributed by atoms with E-state index in [1.807, 2.05) is 19.1 Å². The van der Waals surface area contributed by atoms with Crippen molar-refractivity contribution in [2.24, 2.45) is 0 Å². The molecule has 0 bridgehead atoms. The summed E-state index contributed by atoms with van der Waals surface area (Å²) in [6, 6.07) is 5.36. The number of imide groups is 1. The number of amides is 3. The van der Waals surface area contributed by atoms with Gasteiger partial charge in [-0.25, -0.2) is 4.98 Å². The van der Waals surface area contributed by atoms with Gasteiger partial charge in [-0.1, -0.05) is 6.42 Å². The lowest BCUT2D eigenvalue weighted by Crippen LogP contribution is -2.57. The van der Waals surface area contributed by atoms with Crippen LogP contribution in [0.1, 0.15) is 72.0 Å². The molecule has 0 spiro atoms. The molecule has 3 atom stereocenters. The third-order valence-electron chi connectivity index (χ3n) is 7.82. The van der Waals surface area contributed by atoms with Gasteiger partial charge in [0.1, 0.15) is 23.7 Å². The maximum absolute atomic E-state index is 13.0. The summed E-state index contributed by atoms with van der Waals surface area (Å²) in [6.45, 7) is 4.15. The summed E-state index contributed by atoms with van der Waals surface area (Å²) in [5.74, 6) is 1.95. The molecule has 4 aliphatic rings. The van der Waals surface area contributed by atoms with Crippen LogP contribution in [0.15, 0.2) is 28.8 Å². The van der Waals surface area contributed by atoms with Crippen LogP contribution in [0, 0.1) is 6.92 Å². The second kappa shape index (κ2) is 8.78.